The van der Waals surface area contributed by atoms with Crippen LogP contribution >= 0.6 is 22.6 Å². The maximum Gasteiger partial charge on any atom is 0.127 e. The third kappa shape index (κ3) is 11.8. The summed E-state index contributed by atoms with van der Waals surface area (Å²) in [6.45, 7) is 8.75. The van der Waals surface area contributed by atoms with Gasteiger partial charge in [-0.25, -0.2) is 0 Å². The number of halogens is 1. The zero-order valence-electron chi connectivity index (χ0n) is 25.8. The van der Waals surface area contributed by atoms with Gasteiger partial charge in [0.1, 0.15) is 18.1 Å². The molecule has 5 rings (SSSR count). The largest absolute Gasteiger partial charge is 0.507 e. The molecule has 1 heterocycles. The van der Waals surface area contributed by atoms with Crippen molar-refractivity contribution in [2.75, 3.05) is 0 Å². The third-order valence-corrected chi connectivity index (χ3v) is 6.59. The number of nitrogens with one attached hydrogen (secondary N) is 1. The van der Waals surface area contributed by atoms with E-state index in [1.165, 1.54) is 34.3 Å². The molecule has 0 atom stereocenters. The molecule has 0 aliphatic carbocycles. The van der Waals surface area contributed by atoms with Crippen LogP contribution in [0.5, 0.6) is 11.5 Å². The normalized spacial score (nSPS) is 10.4. The van der Waals surface area contributed by atoms with Crippen molar-refractivity contribution in [3.63, 3.8) is 0 Å². The number of fused-ring (bicyclic) bond motifs is 2. The molecule has 5 nitrogen and oxygen atoms in total. The summed E-state index contributed by atoms with van der Waals surface area (Å²) < 4.78 is 5.99. The van der Waals surface area contributed by atoms with Gasteiger partial charge in [-0.3, -0.25) is 9.91 Å². The average Bonchev–Trinajstić information content (AvgIpc) is 3.04. The van der Waals surface area contributed by atoms with Gasteiger partial charge in [0.05, 0.1) is 0 Å². The van der Waals surface area contributed by atoms with Crippen LogP contribution < -0.4 is 10.5 Å². The first kappa shape index (κ1) is 38.4. The van der Waals surface area contributed by atoms with Crippen molar-refractivity contribution in [2.24, 2.45) is 5.73 Å². The maximum absolute atomic E-state index is 9.50. The summed E-state index contributed by atoms with van der Waals surface area (Å²) in [7, 11) is 0. The SMILES string of the molecule is CCC(=C/C=N)/C=C/N.Cc1cc(COc2ccc(C)c3ccccc23)ccn1.Cc1ccc(O)c2ccccc12.[CH2-]I.[V]. The van der Waals surface area contributed by atoms with Gasteiger partial charge in [-0.05, 0) is 103 Å². The van der Waals surface area contributed by atoms with Gasteiger partial charge in [-0.15, -0.1) is 0 Å². The Balaban J connectivity index is 0.000000347. The number of hydrogen-bond donors (Lipinski definition) is 3. The number of nitrogens with two attached hydrogens (primary N) is 1. The van der Waals surface area contributed by atoms with Gasteiger partial charge in [-0.2, -0.15) is 0 Å². The standard InChI is InChI=1S/C18H17NO.C11H10O.C7H12N2.CH2I.V/c1-13-7-8-18(17-6-4-3-5-16(13)17)20-12-15-9-10-19-14(2)11-15;1-8-6-7-11(12)10-5-3-2-4-9(8)10;1-2-7(3-5-8)4-6-9;1-2;/h3-11H,12H2,1-2H3;2-7,12H,1H3;3-6,8H,2,9H2,1H3;1H2;/q;;;-1;/b;;6-4+,7-3-,8-5?;;. The van der Waals surface area contributed by atoms with Gasteiger partial charge < -0.3 is 43.6 Å². The van der Waals surface area contributed by atoms with Gasteiger partial charge in [0.2, 0.25) is 0 Å². The predicted octanol–water partition coefficient (Wildman–Crippen LogP) is 9.94. The molecule has 1 aromatic heterocycles. The smallest absolute Gasteiger partial charge is 0.127 e. The molecule has 5 aromatic rings. The zero-order chi connectivity index (χ0) is 31.6. The number of aromatic nitrogens is 1. The van der Waals surface area contributed by atoms with Crippen molar-refractivity contribution in [3.05, 3.63) is 142 Å². The molecule has 0 saturated heterocycles. The second kappa shape index (κ2) is 21.2. The number of aryl methyl sites for hydroxylation is 3. The summed E-state index contributed by atoms with van der Waals surface area (Å²) in [5.41, 5.74) is 10.8. The Morgan fingerprint density at radius 1 is 0.886 bits per heavy atom. The second-order valence-corrected chi connectivity index (χ2v) is 9.59. The molecule has 0 unspecified atom stereocenters. The number of allylic oxidation sites excluding steroid dienone is 3. The number of phenolic OH excluding ortho intramolecular Hbond substituents is 1. The minimum atomic E-state index is 0. The first-order chi connectivity index (χ1) is 20.9. The van der Waals surface area contributed by atoms with E-state index in [4.69, 9.17) is 15.9 Å². The Hall–Kier alpha value is -3.59. The Morgan fingerprint density at radius 2 is 1.45 bits per heavy atom. The molecule has 229 valence electrons. The molecule has 0 bridgehead atoms. The van der Waals surface area contributed by atoms with Crippen LogP contribution in [-0.2, 0) is 25.2 Å². The van der Waals surface area contributed by atoms with Crippen molar-refractivity contribution in [2.45, 2.75) is 40.7 Å². The Bertz CT molecular complexity index is 1630. The zero-order valence-corrected chi connectivity index (χ0v) is 29.4. The molecule has 0 aliphatic heterocycles. The Kier molecular flexibility index (Phi) is 18.5. The summed E-state index contributed by atoms with van der Waals surface area (Å²) >= 11 is 1.90. The number of ether oxygens (including phenoxy) is 1. The van der Waals surface area contributed by atoms with Crippen LogP contribution in [-0.4, -0.2) is 16.3 Å². The molecule has 4 N–H and O–H groups in total. The molecule has 0 amide bonds. The molecule has 0 saturated carbocycles. The topological polar surface area (TPSA) is 92.2 Å². The summed E-state index contributed by atoms with van der Waals surface area (Å²) in [5.74, 6) is 1.29. The van der Waals surface area contributed by atoms with Crippen LogP contribution in [0.25, 0.3) is 21.5 Å². The van der Waals surface area contributed by atoms with Crippen LogP contribution in [0, 0.1) is 31.1 Å². The first-order valence-corrected chi connectivity index (χ1v) is 15.4. The molecule has 44 heavy (non-hydrogen) atoms. The molecule has 1 radical (unpaired) electrons. The average molecular weight is 738 g/mol. The Labute approximate surface area is 287 Å². The number of aromatic hydroxyl groups is 1. The third-order valence-electron chi connectivity index (χ3n) is 6.59. The van der Waals surface area contributed by atoms with E-state index in [1.807, 2.05) is 98.1 Å². The van der Waals surface area contributed by atoms with Crippen LogP contribution in [0.4, 0.5) is 0 Å². The van der Waals surface area contributed by atoms with Crippen LogP contribution in [0.2, 0.25) is 0 Å². The van der Waals surface area contributed by atoms with Crippen molar-refractivity contribution in [1.82, 2.24) is 4.98 Å². The fourth-order valence-electron chi connectivity index (χ4n) is 4.36. The number of benzene rings is 4. The minimum Gasteiger partial charge on any atom is -0.507 e. The first-order valence-electron chi connectivity index (χ1n) is 13.9. The van der Waals surface area contributed by atoms with Gasteiger partial charge in [-0.1, -0.05) is 67.6 Å². The van der Waals surface area contributed by atoms with E-state index in [1.54, 1.807) is 18.2 Å². The van der Waals surface area contributed by atoms with E-state index in [0.29, 0.717) is 12.4 Å². The Morgan fingerprint density at radius 3 is 2.00 bits per heavy atom. The van der Waals surface area contributed by atoms with Crippen LogP contribution in [0.3, 0.4) is 0 Å². The molecule has 0 spiro atoms. The van der Waals surface area contributed by atoms with Gasteiger partial charge in [0, 0.05) is 47.4 Å². The number of nitrogens with zero attached hydrogens (tertiary/aromatic N) is 1. The molecular weight excluding hydrogens is 696 g/mol. The van der Waals surface area contributed by atoms with Gasteiger partial charge in [0.25, 0.3) is 0 Å². The van der Waals surface area contributed by atoms with Crippen LogP contribution in [0.15, 0.2) is 115 Å². The van der Waals surface area contributed by atoms with Crippen molar-refractivity contribution in [1.29, 1.82) is 5.41 Å². The molecule has 4 aromatic carbocycles. The second-order valence-electron chi connectivity index (χ2n) is 9.59. The number of hydrogen-bond acceptors (Lipinski definition) is 5. The fraction of sp³-hybridized carbons (Fsp3) is 0.162. The van der Waals surface area contributed by atoms with E-state index in [9.17, 15) is 5.11 Å². The number of rotatable bonds is 6. The molecule has 7 heteroatoms. The summed E-state index contributed by atoms with van der Waals surface area (Å²) in [4.78, 5) is 7.42. The quantitative estimate of drug-likeness (QED) is 0.0701. The van der Waals surface area contributed by atoms with Crippen molar-refractivity contribution in [3.8, 4) is 11.5 Å². The van der Waals surface area contributed by atoms with E-state index < -0.39 is 0 Å². The molecule has 0 fully saturated rings. The van der Waals surface area contributed by atoms with Gasteiger partial charge >= 0.3 is 0 Å². The minimum absolute atomic E-state index is 0. The summed E-state index contributed by atoms with van der Waals surface area (Å²) in [5, 5.41) is 20.7. The molecular formula is C37H41IN3O2V-. The fourth-order valence-corrected chi connectivity index (χ4v) is 4.36. The number of pyridine rings is 1. The summed E-state index contributed by atoms with van der Waals surface area (Å²) in [6.07, 6.45) is 9.01. The maximum atomic E-state index is 9.50. The molecule has 0 aliphatic rings. The van der Waals surface area contributed by atoms with Crippen LogP contribution in [0.1, 0.15) is 35.7 Å². The van der Waals surface area contributed by atoms with E-state index in [0.717, 1.165) is 39.8 Å². The van der Waals surface area contributed by atoms with Gasteiger partial charge in [0.15, 0.2) is 0 Å². The van der Waals surface area contributed by atoms with Crippen molar-refractivity contribution >= 4 is 50.4 Å². The summed E-state index contributed by atoms with van der Waals surface area (Å²) in [6, 6.07) is 28.1. The van der Waals surface area contributed by atoms with E-state index in [-0.39, 0.29) is 18.6 Å². The van der Waals surface area contributed by atoms with E-state index >= 15 is 0 Å². The predicted molar refractivity (Wildman–Crippen MR) is 192 cm³/mol. The number of phenols is 1. The van der Waals surface area contributed by atoms with E-state index in [2.05, 4.69) is 47.2 Å². The van der Waals surface area contributed by atoms with Crippen molar-refractivity contribution < 1.29 is 28.4 Å². The monoisotopic (exact) mass is 737 g/mol.